The molecule has 7 heavy (non-hydrogen) atoms. The first kappa shape index (κ1) is 25.6. The van der Waals surface area contributed by atoms with Gasteiger partial charge in [-0.25, -0.2) is 0 Å². The minimum absolute atomic E-state index is 0. The largest absolute Gasteiger partial charge is 3.00 e. The molecule has 0 bridgehead atoms. The molecule has 0 aliphatic carbocycles. The molecule has 2 heteroatoms. The third-order valence-electron chi connectivity index (χ3n) is 0.136. The minimum atomic E-state index is 0. The van der Waals surface area contributed by atoms with Gasteiger partial charge in [-0.1, -0.05) is 0 Å². The van der Waals surface area contributed by atoms with E-state index in [1.54, 1.807) is 0 Å². The van der Waals surface area contributed by atoms with E-state index in [1.165, 1.54) is 7.11 Å². The van der Waals surface area contributed by atoms with Crippen molar-refractivity contribution in [2.24, 2.45) is 0 Å². The second kappa shape index (κ2) is 30.7. The Morgan fingerprint density at radius 2 is 1.57 bits per heavy atom. The van der Waals surface area contributed by atoms with Gasteiger partial charge in [0.05, 0.1) is 7.11 Å². The van der Waals surface area contributed by atoms with Gasteiger partial charge in [-0.3, -0.25) is 0 Å². The number of rotatable bonds is 1. The molecule has 0 aliphatic heterocycles. The molecule has 0 saturated heterocycles. The molecule has 1 radical (unpaired) electrons. The SMILES string of the molecule is [CH-]=COC.[CH3-].[CH3-].[U+3]. The number of hydrogen-bond acceptors (Lipinski definition) is 1. The van der Waals surface area contributed by atoms with Gasteiger partial charge in [0.25, 0.3) is 0 Å². The van der Waals surface area contributed by atoms with Gasteiger partial charge in [0.1, 0.15) is 0 Å². The fraction of sp³-hybridized carbons (Fsp3) is 0.200. The van der Waals surface area contributed by atoms with Crippen molar-refractivity contribution in [3.05, 3.63) is 27.7 Å². The summed E-state index contributed by atoms with van der Waals surface area (Å²) in [6.45, 7) is 4.68. The Morgan fingerprint density at radius 1 is 1.43 bits per heavy atom. The summed E-state index contributed by atoms with van der Waals surface area (Å²) in [5.74, 6) is 0. The first-order chi connectivity index (χ1) is 1.91. The van der Waals surface area contributed by atoms with Crippen molar-refractivity contribution in [3.63, 3.8) is 0 Å². The summed E-state index contributed by atoms with van der Waals surface area (Å²) in [5.41, 5.74) is 0. The molecule has 0 unspecified atom stereocenters. The van der Waals surface area contributed by atoms with Crippen molar-refractivity contribution in [2.75, 3.05) is 7.11 Å². The first-order valence-electron chi connectivity index (χ1n) is 0.977. The maximum atomic E-state index is 4.68. The Kier molecular flexibility index (Phi) is 112. The van der Waals surface area contributed by atoms with E-state index in [0.717, 1.165) is 6.26 Å². The molecule has 0 aromatic rings. The first-order valence-corrected chi connectivity index (χ1v) is 0.977. The molecule has 0 fully saturated rings. The summed E-state index contributed by atoms with van der Waals surface area (Å²) in [5, 5.41) is 0. The monoisotopic (exact) mass is 325 g/mol. The van der Waals surface area contributed by atoms with E-state index in [4.69, 9.17) is 0 Å². The van der Waals surface area contributed by atoms with Crippen LogP contribution in [-0.4, -0.2) is 7.11 Å². The van der Waals surface area contributed by atoms with Crippen LogP contribution >= 0.6 is 0 Å². The predicted molar refractivity (Wildman–Crippen MR) is 28.7 cm³/mol. The minimum Gasteiger partial charge on any atom is -0.541 e. The average molecular weight is 325 g/mol. The van der Waals surface area contributed by atoms with E-state index >= 15 is 0 Å². The van der Waals surface area contributed by atoms with Gasteiger partial charge in [0.15, 0.2) is 0 Å². The van der Waals surface area contributed by atoms with Crippen LogP contribution in [0, 0.1) is 52.5 Å². The summed E-state index contributed by atoms with van der Waals surface area (Å²) in [7, 11) is 1.50. The summed E-state index contributed by atoms with van der Waals surface area (Å²) in [6.07, 6.45) is 1.12. The smallest absolute Gasteiger partial charge is 0.541 e. The number of ether oxygens (including phenoxy) is 1. The summed E-state index contributed by atoms with van der Waals surface area (Å²) in [4.78, 5) is 0. The van der Waals surface area contributed by atoms with Gasteiger partial charge in [0.2, 0.25) is 0 Å². The van der Waals surface area contributed by atoms with Gasteiger partial charge in [-0.15, -0.1) is 6.26 Å². The zero-order valence-corrected chi connectivity index (χ0v) is 9.23. The summed E-state index contributed by atoms with van der Waals surface area (Å²) < 4.78 is 4.19. The van der Waals surface area contributed by atoms with Crippen LogP contribution in [0.3, 0.4) is 0 Å². The normalized spacial score (nSPS) is 3.00. The quantitative estimate of drug-likeness (QED) is 0.524. The molecular formula is C5H11OU. The second-order valence-electron chi connectivity index (χ2n) is 0.372. The fourth-order valence-corrected chi connectivity index (χ4v) is 0. The van der Waals surface area contributed by atoms with Gasteiger partial charge < -0.3 is 26.2 Å². The van der Waals surface area contributed by atoms with Crippen LogP contribution in [0.1, 0.15) is 0 Å². The van der Waals surface area contributed by atoms with E-state index in [9.17, 15) is 0 Å². The molecule has 0 amide bonds. The van der Waals surface area contributed by atoms with Crippen molar-refractivity contribution < 1.29 is 35.9 Å². The van der Waals surface area contributed by atoms with Gasteiger partial charge in [0, 0.05) is 0 Å². The Balaban J connectivity index is -0.0000000150. The molecular weight excluding hydrogens is 314 g/mol. The van der Waals surface area contributed by atoms with Crippen molar-refractivity contribution in [1.82, 2.24) is 0 Å². The third kappa shape index (κ3) is 54.8. The van der Waals surface area contributed by atoms with E-state index in [1.807, 2.05) is 0 Å². The van der Waals surface area contributed by atoms with E-state index in [2.05, 4.69) is 11.3 Å². The molecule has 41 valence electrons. The fourth-order valence-electron chi connectivity index (χ4n) is 0. The molecule has 0 N–H and O–H groups in total. The zero-order valence-electron chi connectivity index (χ0n) is 5.06. The summed E-state index contributed by atoms with van der Waals surface area (Å²) in [6, 6.07) is 0. The maximum Gasteiger partial charge on any atom is 3.00 e. The molecule has 0 spiro atoms. The van der Waals surface area contributed by atoms with Crippen molar-refractivity contribution in [1.29, 1.82) is 0 Å². The van der Waals surface area contributed by atoms with Crippen LogP contribution in [0.15, 0.2) is 6.26 Å². The van der Waals surface area contributed by atoms with Crippen LogP contribution in [-0.2, 0) is 4.74 Å². The summed E-state index contributed by atoms with van der Waals surface area (Å²) >= 11 is 0. The molecule has 0 atom stereocenters. The molecule has 0 aliphatic rings. The Bertz CT molecular complexity index is 22.0. The van der Waals surface area contributed by atoms with Gasteiger partial charge in [-0.2, -0.15) is 0 Å². The second-order valence-corrected chi connectivity index (χ2v) is 0.372. The molecule has 0 saturated carbocycles. The topological polar surface area (TPSA) is 9.23 Å². The van der Waals surface area contributed by atoms with Gasteiger partial charge in [-0.05, 0) is 0 Å². The van der Waals surface area contributed by atoms with Crippen molar-refractivity contribution >= 4 is 0 Å². The third-order valence-corrected chi connectivity index (χ3v) is 0.136. The maximum absolute atomic E-state index is 4.68. The molecule has 0 aromatic heterocycles. The Hall–Kier alpha value is 0.592. The number of hydrogen-bond donors (Lipinski definition) is 0. The standard InChI is InChI=1S/C3H5O.2CH3.U/c1-3-4-2;;;/h1,3H,2H3;2*1H3;/q3*-1;+3. The van der Waals surface area contributed by atoms with Crippen LogP contribution in [0.5, 0.6) is 0 Å². The zero-order chi connectivity index (χ0) is 3.41. The van der Waals surface area contributed by atoms with Crippen LogP contribution < -0.4 is 0 Å². The van der Waals surface area contributed by atoms with Crippen LogP contribution in [0.4, 0.5) is 0 Å². The van der Waals surface area contributed by atoms with Gasteiger partial charge >= 0.3 is 31.1 Å². The number of methoxy groups -OCH3 is 1. The predicted octanol–water partition coefficient (Wildman–Crippen LogP) is 1.48. The van der Waals surface area contributed by atoms with Crippen molar-refractivity contribution in [3.8, 4) is 0 Å². The molecule has 0 heterocycles. The van der Waals surface area contributed by atoms with E-state index in [0.29, 0.717) is 0 Å². The van der Waals surface area contributed by atoms with Crippen LogP contribution in [0.25, 0.3) is 0 Å². The van der Waals surface area contributed by atoms with Crippen LogP contribution in [0.2, 0.25) is 0 Å². The molecule has 1 nitrogen and oxygen atoms in total. The Labute approximate surface area is 70.5 Å². The van der Waals surface area contributed by atoms with E-state index in [-0.39, 0.29) is 46.0 Å². The van der Waals surface area contributed by atoms with E-state index < -0.39 is 0 Å². The average Bonchev–Trinajstić information content (AvgIpc) is 1.37. The Morgan fingerprint density at radius 3 is 1.57 bits per heavy atom. The molecule has 0 rings (SSSR count). The van der Waals surface area contributed by atoms with Crippen molar-refractivity contribution in [2.45, 2.75) is 0 Å². The molecule has 0 aromatic carbocycles.